The molecule has 0 aliphatic rings. The predicted octanol–water partition coefficient (Wildman–Crippen LogP) is 5.23. The molecule has 0 atom stereocenters. The van der Waals surface area contributed by atoms with Gasteiger partial charge in [-0.25, -0.2) is 0 Å². The van der Waals surface area contributed by atoms with Crippen LogP contribution in [0.2, 0.25) is 10.0 Å². The summed E-state index contributed by atoms with van der Waals surface area (Å²) >= 11 is 13.5. The zero-order valence-corrected chi connectivity index (χ0v) is 18.9. The van der Waals surface area contributed by atoms with Crippen molar-refractivity contribution >= 4 is 52.2 Å². The van der Waals surface area contributed by atoms with E-state index >= 15 is 0 Å². The minimum Gasteiger partial charge on any atom is -0.378 e. The summed E-state index contributed by atoms with van der Waals surface area (Å²) in [4.78, 5) is 14.4. The second kappa shape index (κ2) is 10.0. The van der Waals surface area contributed by atoms with Crippen molar-refractivity contribution in [1.82, 2.24) is 14.8 Å². The van der Waals surface area contributed by atoms with Crippen molar-refractivity contribution in [3.05, 3.63) is 65.2 Å². The number of thioether (sulfide) groups is 1. The molecular weight excluding hydrogens is 441 g/mol. The molecule has 1 heterocycles. The van der Waals surface area contributed by atoms with Crippen LogP contribution in [0.4, 0.5) is 11.4 Å². The molecule has 1 N–H and O–H groups in total. The van der Waals surface area contributed by atoms with Gasteiger partial charge >= 0.3 is 0 Å². The molecule has 3 aromatic rings. The van der Waals surface area contributed by atoms with Crippen molar-refractivity contribution in [2.75, 3.05) is 30.1 Å². The summed E-state index contributed by atoms with van der Waals surface area (Å²) < 4.78 is 1.93. The maximum Gasteiger partial charge on any atom is 0.234 e. The SMILES string of the molecule is C=CCn1c(SCC(=O)Nc2c(Cl)cccc2Cl)nnc1-c1cccc(N(C)C)c1. The van der Waals surface area contributed by atoms with Gasteiger partial charge in [0, 0.05) is 31.9 Å². The topological polar surface area (TPSA) is 63.1 Å². The number of amides is 1. The highest BCUT2D eigenvalue weighted by Crippen LogP contribution is 2.31. The lowest BCUT2D eigenvalue weighted by molar-refractivity contribution is -0.113. The summed E-state index contributed by atoms with van der Waals surface area (Å²) in [6.07, 6.45) is 1.77. The minimum atomic E-state index is -0.237. The summed E-state index contributed by atoms with van der Waals surface area (Å²) in [5, 5.41) is 12.8. The fourth-order valence-corrected chi connectivity index (χ4v) is 3.99. The van der Waals surface area contributed by atoms with Gasteiger partial charge in [0.1, 0.15) is 0 Å². The average Bonchev–Trinajstić information content (AvgIpc) is 3.12. The third-order valence-electron chi connectivity index (χ3n) is 4.21. The van der Waals surface area contributed by atoms with Crippen molar-refractivity contribution in [2.24, 2.45) is 0 Å². The van der Waals surface area contributed by atoms with Gasteiger partial charge in [-0.05, 0) is 24.3 Å². The zero-order valence-electron chi connectivity index (χ0n) is 16.6. The molecule has 0 spiro atoms. The van der Waals surface area contributed by atoms with Crippen LogP contribution in [0.1, 0.15) is 0 Å². The summed E-state index contributed by atoms with van der Waals surface area (Å²) in [5.74, 6) is 0.615. The van der Waals surface area contributed by atoms with Crippen LogP contribution in [-0.2, 0) is 11.3 Å². The monoisotopic (exact) mass is 461 g/mol. The maximum absolute atomic E-state index is 12.4. The first-order valence-corrected chi connectivity index (χ1v) is 10.8. The average molecular weight is 462 g/mol. The molecule has 0 aliphatic heterocycles. The molecule has 0 radical (unpaired) electrons. The smallest absolute Gasteiger partial charge is 0.234 e. The van der Waals surface area contributed by atoms with Crippen molar-refractivity contribution in [1.29, 1.82) is 0 Å². The van der Waals surface area contributed by atoms with Crippen molar-refractivity contribution in [2.45, 2.75) is 11.7 Å². The third kappa shape index (κ3) is 5.16. The number of hydrogen-bond acceptors (Lipinski definition) is 5. The van der Waals surface area contributed by atoms with Gasteiger partial charge in [-0.15, -0.1) is 16.8 Å². The molecule has 0 aliphatic carbocycles. The number of anilines is 2. The number of nitrogens with one attached hydrogen (secondary N) is 1. The summed E-state index contributed by atoms with van der Waals surface area (Å²) in [6, 6.07) is 13.1. The van der Waals surface area contributed by atoms with Crippen LogP contribution in [-0.4, -0.2) is 40.5 Å². The standard InChI is InChI=1S/C21H21Cl2N5OS/c1-4-11-28-20(14-7-5-8-15(12-14)27(2)3)25-26-21(28)30-13-18(29)24-19-16(22)9-6-10-17(19)23/h4-10,12H,1,11,13H2,2-3H3,(H,24,29). The second-order valence-corrected chi connectivity index (χ2v) is 8.34. The highest BCUT2D eigenvalue weighted by Gasteiger charge is 2.16. The first kappa shape index (κ1) is 22.2. The minimum absolute atomic E-state index is 0.133. The normalized spacial score (nSPS) is 10.7. The van der Waals surface area contributed by atoms with Gasteiger partial charge < -0.3 is 10.2 Å². The molecule has 0 unspecified atom stereocenters. The number of halogens is 2. The van der Waals surface area contributed by atoms with Crippen LogP contribution in [0.5, 0.6) is 0 Å². The predicted molar refractivity (Wildman–Crippen MR) is 126 cm³/mol. The first-order chi connectivity index (χ1) is 14.4. The van der Waals surface area contributed by atoms with Crippen LogP contribution in [0.3, 0.4) is 0 Å². The molecule has 30 heavy (non-hydrogen) atoms. The Morgan fingerprint density at radius 3 is 2.57 bits per heavy atom. The lowest BCUT2D eigenvalue weighted by Gasteiger charge is -2.14. The molecule has 1 amide bonds. The highest BCUT2D eigenvalue weighted by molar-refractivity contribution is 7.99. The van der Waals surface area contributed by atoms with Crippen molar-refractivity contribution in [3.63, 3.8) is 0 Å². The van der Waals surface area contributed by atoms with E-state index in [9.17, 15) is 4.79 Å². The number of rotatable bonds is 8. The van der Waals surface area contributed by atoms with Gasteiger partial charge in [-0.2, -0.15) is 0 Å². The van der Waals surface area contributed by atoms with Crippen LogP contribution in [0.25, 0.3) is 11.4 Å². The van der Waals surface area contributed by atoms with Crippen LogP contribution in [0.15, 0.2) is 60.3 Å². The Balaban J connectivity index is 1.78. The van der Waals surface area contributed by atoms with E-state index in [1.54, 1.807) is 24.3 Å². The van der Waals surface area contributed by atoms with Crippen molar-refractivity contribution < 1.29 is 4.79 Å². The second-order valence-electron chi connectivity index (χ2n) is 6.58. The molecule has 6 nitrogen and oxygen atoms in total. The van der Waals surface area contributed by atoms with Crippen LogP contribution >= 0.6 is 35.0 Å². The number of hydrogen-bond donors (Lipinski definition) is 1. The van der Waals surface area contributed by atoms with Gasteiger partial charge in [0.05, 0.1) is 21.5 Å². The lowest BCUT2D eigenvalue weighted by atomic mass is 10.2. The summed E-state index contributed by atoms with van der Waals surface area (Å²) in [6.45, 7) is 4.35. The van der Waals surface area contributed by atoms with E-state index in [2.05, 4.69) is 22.1 Å². The molecule has 0 bridgehead atoms. The van der Waals surface area contributed by atoms with Gasteiger partial charge in [-0.3, -0.25) is 9.36 Å². The van der Waals surface area contributed by atoms with Crippen molar-refractivity contribution in [3.8, 4) is 11.4 Å². The van der Waals surface area contributed by atoms with E-state index in [1.807, 2.05) is 47.8 Å². The highest BCUT2D eigenvalue weighted by atomic mass is 35.5. The van der Waals surface area contributed by atoms with Gasteiger partial charge in [0.2, 0.25) is 5.91 Å². The molecule has 0 saturated heterocycles. The Morgan fingerprint density at radius 2 is 1.90 bits per heavy atom. The van der Waals surface area contributed by atoms with Crippen LogP contribution < -0.4 is 10.2 Å². The fraction of sp³-hybridized carbons (Fsp3) is 0.190. The van der Waals surface area contributed by atoms with E-state index < -0.39 is 0 Å². The summed E-state index contributed by atoms with van der Waals surface area (Å²) in [5.41, 5.74) is 2.40. The van der Waals surface area contributed by atoms with Gasteiger partial charge in [0.15, 0.2) is 11.0 Å². The Hall–Kier alpha value is -2.48. The molecular formula is C21H21Cl2N5OS. The molecule has 0 saturated carbocycles. The Morgan fingerprint density at radius 1 is 1.20 bits per heavy atom. The Kier molecular flexibility index (Phi) is 7.42. The third-order valence-corrected chi connectivity index (χ3v) is 5.81. The number of para-hydroxylation sites is 1. The lowest BCUT2D eigenvalue weighted by Crippen LogP contribution is -2.15. The van der Waals surface area contributed by atoms with Gasteiger partial charge in [0.25, 0.3) is 0 Å². The van der Waals surface area contributed by atoms with Crippen LogP contribution in [0, 0.1) is 0 Å². The Bertz CT molecular complexity index is 1050. The number of nitrogens with zero attached hydrogens (tertiary/aromatic N) is 4. The molecule has 156 valence electrons. The molecule has 1 aromatic heterocycles. The van der Waals surface area contributed by atoms with E-state index in [1.165, 1.54) is 11.8 Å². The number of carbonyl (C=O) groups is 1. The first-order valence-electron chi connectivity index (χ1n) is 9.09. The largest absolute Gasteiger partial charge is 0.378 e. The van der Waals surface area contributed by atoms with E-state index in [-0.39, 0.29) is 11.7 Å². The number of aromatic nitrogens is 3. The van der Waals surface area contributed by atoms with E-state index in [0.29, 0.717) is 27.4 Å². The zero-order chi connectivity index (χ0) is 21.7. The molecule has 3 rings (SSSR count). The van der Waals surface area contributed by atoms with E-state index in [0.717, 1.165) is 17.1 Å². The maximum atomic E-state index is 12.4. The quantitative estimate of drug-likeness (QED) is 0.367. The number of benzene rings is 2. The number of carbonyl (C=O) groups excluding carboxylic acids is 1. The van der Waals surface area contributed by atoms with E-state index in [4.69, 9.17) is 23.2 Å². The Labute approximate surface area is 189 Å². The summed E-state index contributed by atoms with van der Waals surface area (Å²) in [7, 11) is 3.97. The molecule has 0 fully saturated rings. The number of allylic oxidation sites excluding steroid dienone is 1. The van der Waals surface area contributed by atoms with Gasteiger partial charge in [-0.1, -0.05) is 59.2 Å². The fourth-order valence-electron chi connectivity index (χ4n) is 2.75. The molecule has 2 aromatic carbocycles. The molecule has 9 heteroatoms.